The highest BCUT2D eigenvalue weighted by Gasteiger charge is 2.34. The highest BCUT2D eigenvalue weighted by Crippen LogP contribution is 2.30. The van der Waals surface area contributed by atoms with Gasteiger partial charge in [0.2, 0.25) is 11.7 Å². The Labute approximate surface area is 118 Å². The highest BCUT2D eigenvalue weighted by atomic mass is 16.5. The van der Waals surface area contributed by atoms with Gasteiger partial charge in [0.15, 0.2) is 0 Å². The summed E-state index contributed by atoms with van der Waals surface area (Å²) in [5.74, 6) is 1.24. The van der Waals surface area contributed by atoms with Gasteiger partial charge < -0.3 is 9.84 Å². The predicted molar refractivity (Wildman–Crippen MR) is 76.2 cm³/mol. The SMILES string of the molecule is Cc1cnc(-c2noc(C3(C)CCCCN3)n2)c(C)c1. The van der Waals surface area contributed by atoms with Gasteiger partial charge in [-0.15, -0.1) is 0 Å². The second-order valence-electron chi connectivity index (χ2n) is 5.82. The molecule has 1 fully saturated rings. The first-order chi connectivity index (χ1) is 9.58. The average molecular weight is 272 g/mol. The molecule has 0 bridgehead atoms. The summed E-state index contributed by atoms with van der Waals surface area (Å²) >= 11 is 0. The molecule has 3 rings (SSSR count). The maximum atomic E-state index is 5.48. The highest BCUT2D eigenvalue weighted by molar-refractivity contribution is 5.54. The van der Waals surface area contributed by atoms with E-state index in [0.29, 0.717) is 11.7 Å². The number of hydrogen-bond acceptors (Lipinski definition) is 5. The van der Waals surface area contributed by atoms with Gasteiger partial charge in [-0.3, -0.25) is 4.98 Å². The van der Waals surface area contributed by atoms with E-state index in [1.54, 1.807) is 0 Å². The Morgan fingerprint density at radius 1 is 1.30 bits per heavy atom. The fourth-order valence-electron chi connectivity index (χ4n) is 2.73. The third kappa shape index (κ3) is 2.33. The van der Waals surface area contributed by atoms with E-state index in [4.69, 9.17) is 4.52 Å². The lowest BCUT2D eigenvalue weighted by molar-refractivity contribution is 0.207. The van der Waals surface area contributed by atoms with E-state index >= 15 is 0 Å². The summed E-state index contributed by atoms with van der Waals surface area (Å²) in [5, 5.41) is 7.59. The molecule has 1 saturated heterocycles. The third-order valence-electron chi connectivity index (χ3n) is 3.94. The number of piperidine rings is 1. The van der Waals surface area contributed by atoms with E-state index in [1.807, 2.05) is 20.0 Å². The molecule has 0 amide bonds. The van der Waals surface area contributed by atoms with Gasteiger partial charge in [-0.2, -0.15) is 4.98 Å². The number of pyridine rings is 1. The molecule has 5 heteroatoms. The summed E-state index contributed by atoms with van der Waals surface area (Å²) < 4.78 is 5.48. The van der Waals surface area contributed by atoms with Crippen molar-refractivity contribution in [3.8, 4) is 11.5 Å². The van der Waals surface area contributed by atoms with Gasteiger partial charge in [-0.05, 0) is 57.7 Å². The quantitative estimate of drug-likeness (QED) is 0.910. The lowest BCUT2D eigenvalue weighted by Crippen LogP contribution is -2.43. The minimum Gasteiger partial charge on any atom is -0.337 e. The van der Waals surface area contributed by atoms with Crippen molar-refractivity contribution in [2.75, 3.05) is 6.54 Å². The van der Waals surface area contributed by atoms with Gasteiger partial charge >= 0.3 is 0 Å². The molecule has 106 valence electrons. The van der Waals surface area contributed by atoms with E-state index < -0.39 is 0 Å². The normalized spacial score (nSPS) is 22.9. The molecule has 1 unspecified atom stereocenters. The third-order valence-corrected chi connectivity index (χ3v) is 3.94. The van der Waals surface area contributed by atoms with Gasteiger partial charge in [0.05, 0.1) is 5.54 Å². The van der Waals surface area contributed by atoms with Crippen molar-refractivity contribution in [3.63, 3.8) is 0 Å². The first-order valence-corrected chi connectivity index (χ1v) is 7.11. The standard InChI is InChI=1S/C15H20N4O/c1-10-8-11(2)12(16-9-10)13-18-14(20-19-13)15(3)6-4-5-7-17-15/h8-9,17H,4-7H2,1-3H3. The number of aryl methyl sites for hydroxylation is 2. The minimum atomic E-state index is -0.206. The minimum absolute atomic E-state index is 0.206. The number of nitrogens with zero attached hydrogens (tertiary/aromatic N) is 3. The van der Waals surface area contributed by atoms with Crippen LogP contribution in [0.3, 0.4) is 0 Å². The zero-order valence-corrected chi connectivity index (χ0v) is 12.2. The number of nitrogens with one attached hydrogen (secondary N) is 1. The van der Waals surface area contributed by atoms with Crippen molar-refractivity contribution in [2.45, 2.75) is 45.6 Å². The maximum Gasteiger partial charge on any atom is 0.247 e. The Balaban J connectivity index is 1.93. The summed E-state index contributed by atoms with van der Waals surface area (Å²) in [4.78, 5) is 8.99. The summed E-state index contributed by atoms with van der Waals surface area (Å²) in [6, 6.07) is 2.08. The topological polar surface area (TPSA) is 63.8 Å². The van der Waals surface area contributed by atoms with E-state index in [1.165, 1.54) is 12.8 Å². The van der Waals surface area contributed by atoms with E-state index in [9.17, 15) is 0 Å². The molecule has 0 spiro atoms. The molecule has 0 radical (unpaired) electrons. The molecule has 1 aliphatic rings. The van der Waals surface area contributed by atoms with Crippen LogP contribution in [0.4, 0.5) is 0 Å². The Bertz CT molecular complexity index is 614. The second kappa shape index (κ2) is 4.98. The van der Waals surface area contributed by atoms with Crippen LogP contribution in [0.15, 0.2) is 16.8 Å². The molecule has 20 heavy (non-hydrogen) atoms. The van der Waals surface area contributed by atoms with Crippen LogP contribution in [-0.4, -0.2) is 21.7 Å². The Morgan fingerprint density at radius 2 is 2.15 bits per heavy atom. The molecular weight excluding hydrogens is 252 g/mol. The second-order valence-corrected chi connectivity index (χ2v) is 5.82. The van der Waals surface area contributed by atoms with Crippen LogP contribution < -0.4 is 5.32 Å². The van der Waals surface area contributed by atoms with Gasteiger partial charge in [0, 0.05) is 6.20 Å². The van der Waals surface area contributed by atoms with Crippen molar-refractivity contribution in [1.29, 1.82) is 0 Å². The van der Waals surface area contributed by atoms with Gasteiger partial charge in [0.1, 0.15) is 5.69 Å². The van der Waals surface area contributed by atoms with Gasteiger partial charge in [-0.1, -0.05) is 11.2 Å². The number of aromatic nitrogens is 3. The van der Waals surface area contributed by atoms with Crippen LogP contribution in [0.25, 0.3) is 11.5 Å². The molecular formula is C15H20N4O. The molecule has 0 aliphatic carbocycles. The van der Waals surface area contributed by atoms with Crippen molar-refractivity contribution in [1.82, 2.24) is 20.4 Å². The average Bonchev–Trinajstić information content (AvgIpc) is 2.90. The summed E-state index contributed by atoms with van der Waals surface area (Å²) in [7, 11) is 0. The lowest BCUT2D eigenvalue weighted by Gasteiger charge is -2.31. The van der Waals surface area contributed by atoms with Gasteiger partial charge in [0.25, 0.3) is 0 Å². The molecule has 0 saturated carbocycles. The smallest absolute Gasteiger partial charge is 0.247 e. The van der Waals surface area contributed by atoms with Crippen LogP contribution >= 0.6 is 0 Å². The molecule has 2 aromatic heterocycles. The Morgan fingerprint density at radius 3 is 2.85 bits per heavy atom. The van der Waals surface area contributed by atoms with Crippen LogP contribution in [0.2, 0.25) is 0 Å². The Hall–Kier alpha value is -1.75. The predicted octanol–water partition coefficient (Wildman–Crippen LogP) is 2.74. The van der Waals surface area contributed by atoms with Crippen molar-refractivity contribution < 1.29 is 4.52 Å². The summed E-state index contributed by atoms with van der Waals surface area (Å²) in [6.45, 7) is 7.17. The first kappa shape index (κ1) is 13.2. The van der Waals surface area contributed by atoms with E-state index in [2.05, 4.69) is 33.4 Å². The molecule has 2 aromatic rings. The van der Waals surface area contributed by atoms with Crippen molar-refractivity contribution >= 4 is 0 Å². The van der Waals surface area contributed by atoms with Crippen LogP contribution in [-0.2, 0) is 5.54 Å². The molecule has 0 aromatic carbocycles. The first-order valence-electron chi connectivity index (χ1n) is 7.11. The van der Waals surface area contributed by atoms with Crippen LogP contribution in [0, 0.1) is 13.8 Å². The fourth-order valence-corrected chi connectivity index (χ4v) is 2.73. The fraction of sp³-hybridized carbons (Fsp3) is 0.533. The molecule has 1 atom stereocenters. The van der Waals surface area contributed by atoms with E-state index in [0.717, 1.165) is 29.8 Å². The zero-order valence-electron chi connectivity index (χ0n) is 12.2. The molecule has 5 nitrogen and oxygen atoms in total. The van der Waals surface area contributed by atoms with E-state index in [-0.39, 0.29) is 5.54 Å². The monoisotopic (exact) mass is 272 g/mol. The maximum absolute atomic E-state index is 5.48. The summed E-state index contributed by atoms with van der Waals surface area (Å²) in [6.07, 6.45) is 5.24. The molecule has 1 aliphatic heterocycles. The number of rotatable bonds is 2. The van der Waals surface area contributed by atoms with Gasteiger partial charge in [-0.25, -0.2) is 0 Å². The number of hydrogen-bond donors (Lipinski definition) is 1. The van der Waals surface area contributed by atoms with Crippen molar-refractivity contribution in [3.05, 3.63) is 29.3 Å². The van der Waals surface area contributed by atoms with Crippen LogP contribution in [0.5, 0.6) is 0 Å². The lowest BCUT2D eigenvalue weighted by atomic mass is 9.91. The van der Waals surface area contributed by atoms with Crippen LogP contribution in [0.1, 0.15) is 43.2 Å². The van der Waals surface area contributed by atoms with Crippen molar-refractivity contribution in [2.24, 2.45) is 0 Å². The largest absolute Gasteiger partial charge is 0.337 e. The zero-order chi connectivity index (χ0) is 14.2. The molecule has 1 N–H and O–H groups in total. The summed E-state index contributed by atoms with van der Waals surface area (Å²) in [5.41, 5.74) is 2.79. The Kier molecular flexibility index (Phi) is 3.30. The molecule has 3 heterocycles.